The minimum atomic E-state index is -0.503. The molecule has 1 aromatic carbocycles. The van der Waals surface area contributed by atoms with E-state index in [1.165, 1.54) is 20.5 Å². The number of benzene rings is 1. The standard InChI is InChI=1S/C20H23N3O3S/c1-5-14(4)21-17(24)11-22-16-8-9-27-18(16)19(25)23(20(22)26)15-7-6-12(2)10-13(15)3/h6-10,14H,5,11H2,1-4H3,(H,21,24)/t14-/m0/s1. The molecule has 2 aromatic heterocycles. The first-order valence-corrected chi connectivity index (χ1v) is 9.81. The molecule has 2 heterocycles. The zero-order chi connectivity index (χ0) is 19.7. The molecular weight excluding hydrogens is 362 g/mol. The minimum Gasteiger partial charge on any atom is -0.352 e. The van der Waals surface area contributed by atoms with Gasteiger partial charge in [0, 0.05) is 6.04 Å². The number of aryl methyl sites for hydroxylation is 2. The van der Waals surface area contributed by atoms with Crippen molar-refractivity contribution in [1.82, 2.24) is 14.5 Å². The molecule has 0 fully saturated rings. The summed E-state index contributed by atoms with van der Waals surface area (Å²) in [5, 5.41) is 4.64. The van der Waals surface area contributed by atoms with Crippen LogP contribution in [0.2, 0.25) is 0 Å². The first-order chi connectivity index (χ1) is 12.8. The molecule has 27 heavy (non-hydrogen) atoms. The lowest BCUT2D eigenvalue weighted by molar-refractivity contribution is -0.122. The Kier molecular flexibility index (Phi) is 5.32. The number of rotatable bonds is 5. The molecule has 0 saturated heterocycles. The molecule has 7 heteroatoms. The minimum absolute atomic E-state index is 0.0245. The second kappa shape index (κ2) is 7.52. The van der Waals surface area contributed by atoms with Crippen LogP contribution in [0.25, 0.3) is 15.9 Å². The van der Waals surface area contributed by atoms with E-state index >= 15 is 0 Å². The number of carbonyl (C=O) groups is 1. The van der Waals surface area contributed by atoms with E-state index in [1.54, 1.807) is 17.5 Å². The quantitative estimate of drug-likeness (QED) is 0.734. The van der Waals surface area contributed by atoms with Gasteiger partial charge < -0.3 is 5.32 Å². The van der Waals surface area contributed by atoms with Gasteiger partial charge in [-0.1, -0.05) is 24.6 Å². The largest absolute Gasteiger partial charge is 0.352 e. The fourth-order valence-corrected chi connectivity index (χ4v) is 3.90. The molecule has 142 valence electrons. The number of amides is 1. The first kappa shape index (κ1) is 19.1. The first-order valence-electron chi connectivity index (χ1n) is 8.93. The summed E-state index contributed by atoms with van der Waals surface area (Å²) < 4.78 is 3.01. The van der Waals surface area contributed by atoms with Gasteiger partial charge in [-0.05, 0) is 50.3 Å². The topological polar surface area (TPSA) is 73.1 Å². The summed E-state index contributed by atoms with van der Waals surface area (Å²) >= 11 is 1.28. The Labute approximate surface area is 161 Å². The highest BCUT2D eigenvalue weighted by molar-refractivity contribution is 7.17. The van der Waals surface area contributed by atoms with Crippen molar-refractivity contribution in [2.24, 2.45) is 0 Å². The van der Waals surface area contributed by atoms with Crippen LogP contribution >= 0.6 is 11.3 Å². The molecule has 0 radical (unpaired) electrons. The van der Waals surface area contributed by atoms with Crippen molar-refractivity contribution in [2.75, 3.05) is 0 Å². The van der Waals surface area contributed by atoms with E-state index in [-0.39, 0.29) is 24.1 Å². The third-order valence-electron chi connectivity index (χ3n) is 4.67. The number of thiophene rings is 1. The Bertz CT molecular complexity index is 1120. The molecule has 0 aliphatic heterocycles. The number of hydrogen-bond acceptors (Lipinski definition) is 4. The van der Waals surface area contributed by atoms with Gasteiger partial charge in [0.25, 0.3) is 5.56 Å². The molecule has 3 rings (SSSR count). The summed E-state index contributed by atoms with van der Waals surface area (Å²) in [6.45, 7) is 7.60. The summed E-state index contributed by atoms with van der Waals surface area (Å²) in [7, 11) is 0. The van der Waals surface area contributed by atoms with Crippen molar-refractivity contribution < 1.29 is 4.79 Å². The summed E-state index contributed by atoms with van der Waals surface area (Å²) in [5.74, 6) is -0.246. The number of fused-ring (bicyclic) bond motifs is 1. The van der Waals surface area contributed by atoms with Gasteiger partial charge in [0.15, 0.2) is 0 Å². The predicted molar refractivity (Wildman–Crippen MR) is 109 cm³/mol. The number of carbonyl (C=O) groups excluding carboxylic acids is 1. The van der Waals surface area contributed by atoms with E-state index < -0.39 is 5.69 Å². The van der Waals surface area contributed by atoms with Gasteiger partial charge in [-0.25, -0.2) is 9.36 Å². The second-order valence-corrected chi connectivity index (χ2v) is 7.73. The molecule has 1 atom stereocenters. The zero-order valence-electron chi connectivity index (χ0n) is 15.9. The molecule has 3 aromatic rings. The highest BCUT2D eigenvalue weighted by Gasteiger charge is 2.18. The van der Waals surface area contributed by atoms with Gasteiger partial charge in [-0.15, -0.1) is 11.3 Å². The van der Waals surface area contributed by atoms with Crippen molar-refractivity contribution >= 4 is 27.5 Å². The van der Waals surface area contributed by atoms with Crippen LogP contribution in [0.4, 0.5) is 0 Å². The van der Waals surface area contributed by atoms with E-state index in [2.05, 4.69) is 5.32 Å². The average molecular weight is 385 g/mol. The van der Waals surface area contributed by atoms with Crippen LogP contribution in [0, 0.1) is 13.8 Å². The molecule has 6 nitrogen and oxygen atoms in total. The molecule has 0 aliphatic rings. The summed E-state index contributed by atoms with van der Waals surface area (Å²) in [4.78, 5) is 38.5. The van der Waals surface area contributed by atoms with Crippen LogP contribution in [0.3, 0.4) is 0 Å². The van der Waals surface area contributed by atoms with Crippen molar-refractivity contribution in [3.63, 3.8) is 0 Å². The second-order valence-electron chi connectivity index (χ2n) is 6.81. The van der Waals surface area contributed by atoms with Crippen LogP contribution in [-0.2, 0) is 11.3 Å². The monoisotopic (exact) mass is 385 g/mol. The Morgan fingerprint density at radius 1 is 1.22 bits per heavy atom. The summed E-state index contributed by atoms with van der Waals surface area (Å²) in [6, 6.07) is 7.31. The van der Waals surface area contributed by atoms with Crippen LogP contribution < -0.4 is 16.6 Å². The van der Waals surface area contributed by atoms with E-state index in [4.69, 9.17) is 0 Å². The highest BCUT2D eigenvalue weighted by Crippen LogP contribution is 2.18. The summed E-state index contributed by atoms with van der Waals surface area (Å²) in [6.07, 6.45) is 0.802. The van der Waals surface area contributed by atoms with Gasteiger partial charge in [0.2, 0.25) is 5.91 Å². The fraction of sp³-hybridized carbons (Fsp3) is 0.350. The third kappa shape index (κ3) is 3.60. The lowest BCUT2D eigenvalue weighted by atomic mass is 10.1. The molecule has 0 spiro atoms. The van der Waals surface area contributed by atoms with Crippen molar-refractivity contribution in [3.8, 4) is 5.69 Å². The van der Waals surface area contributed by atoms with Crippen LogP contribution in [-0.4, -0.2) is 21.1 Å². The Hall–Kier alpha value is -2.67. The normalized spacial score (nSPS) is 12.3. The Morgan fingerprint density at radius 3 is 2.63 bits per heavy atom. The summed E-state index contributed by atoms with van der Waals surface area (Å²) in [5.41, 5.74) is 2.07. The average Bonchev–Trinajstić information content (AvgIpc) is 3.10. The molecule has 0 bridgehead atoms. The van der Waals surface area contributed by atoms with Crippen molar-refractivity contribution in [3.05, 3.63) is 61.6 Å². The van der Waals surface area contributed by atoms with Crippen LogP contribution in [0.1, 0.15) is 31.4 Å². The van der Waals surface area contributed by atoms with Crippen molar-refractivity contribution in [1.29, 1.82) is 0 Å². The number of nitrogens with zero attached hydrogens (tertiary/aromatic N) is 2. The molecule has 1 amide bonds. The van der Waals surface area contributed by atoms with E-state index in [1.807, 2.05) is 39.8 Å². The number of aromatic nitrogens is 2. The van der Waals surface area contributed by atoms with Gasteiger partial charge in [-0.3, -0.25) is 14.2 Å². The van der Waals surface area contributed by atoms with E-state index in [9.17, 15) is 14.4 Å². The van der Waals surface area contributed by atoms with Gasteiger partial charge in [0.1, 0.15) is 11.2 Å². The maximum atomic E-state index is 13.2. The molecule has 0 saturated carbocycles. The molecule has 1 N–H and O–H groups in total. The Balaban J connectivity index is 2.20. The van der Waals surface area contributed by atoms with Gasteiger partial charge in [-0.2, -0.15) is 0 Å². The number of hydrogen-bond donors (Lipinski definition) is 1. The highest BCUT2D eigenvalue weighted by atomic mass is 32.1. The SMILES string of the molecule is CC[C@H](C)NC(=O)Cn1c(=O)n(-c2ccc(C)cc2C)c(=O)c2sccc21. The smallest absolute Gasteiger partial charge is 0.336 e. The number of nitrogens with one attached hydrogen (secondary N) is 1. The van der Waals surface area contributed by atoms with Gasteiger partial charge >= 0.3 is 5.69 Å². The lowest BCUT2D eigenvalue weighted by Gasteiger charge is -2.15. The van der Waals surface area contributed by atoms with Crippen molar-refractivity contribution in [2.45, 2.75) is 46.7 Å². The lowest BCUT2D eigenvalue weighted by Crippen LogP contribution is -2.43. The third-order valence-corrected chi connectivity index (χ3v) is 5.56. The fourth-order valence-electron chi connectivity index (χ4n) is 3.07. The molecular formula is C20H23N3O3S. The van der Waals surface area contributed by atoms with E-state index in [0.29, 0.717) is 15.9 Å². The maximum absolute atomic E-state index is 13.2. The Morgan fingerprint density at radius 2 is 1.96 bits per heavy atom. The zero-order valence-corrected chi connectivity index (χ0v) is 16.7. The van der Waals surface area contributed by atoms with E-state index in [0.717, 1.165) is 17.5 Å². The van der Waals surface area contributed by atoms with Gasteiger partial charge in [0.05, 0.1) is 11.2 Å². The molecule has 0 unspecified atom stereocenters. The van der Waals surface area contributed by atoms with Crippen LogP contribution in [0.15, 0.2) is 39.2 Å². The van der Waals surface area contributed by atoms with Crippen LogP contribution in [0.5, 0.6) is 0 Å². The molecule has 0 aliphatic carbocycles. The predicted octanol–water partition coefficient (Wildman–Crippen LogP) is 2.75. The maximum Gasteiger partial charge on any atom is 0.336 e.